The first kappa shape index (κ1) is 18.0. The van der Waals surface area contributed by atoms with E-state index in [0.717, 1.165) is 16.7 Å². The monoisotopic (exact) mass is 358 g/mol. The van der Waals surface area contributed by atoms with Crippen molar-refractivity contribution >= 4 is 11.0 Å². The van der Waals surface area contributed by atoms with E-state index < -0.39 is 0 Å². The fourth-order valence-corrected chi connectivity index (χ4v) is 2.67. The third kappa shape index (κ3) is 3.94. The largest absolute Gasteiger partial charge is 0.748 e. The van der Waals surface area contributed by atoms with Gasteiger partial charge in [-0.15, -0.1) is 12.1 Å². The van der Waals surface area contributed by atoms with Crippen LogP contribution in [0, 0.1) is 13.8 Å². The number of fused-ring (bicyclic) bond motifs is 1. The van der Waals surface area contributed by atoms with Crippen molar-refractivity contribution in [3.8, 4) is 11.3 Å². The van der Waals surface area contributed by atoms with Gasteiger partial charge in [0.25, 0.3) is 0 Å². The van der Waals surface area contributed by atoms with Crippen molar-refractivity contribution in [1.82, 2.24) is 0 Å². The molecule has 4 aromatic rings. The van der Waals surface area contributed by atoms with E-state index in [9.17, 15) is 4.79 Å². The number of rotatable bonds is 1. The Labute approximate surface area is 152 Å². The number of benzene rings is 1. The second-order valence-corrected chi connectivity index (χ2v) is 5.57. The van der Waals surface area contributed by atoms with Crippen LogP contribution < -0.4 is 5.43 Å². The molecule has 0 radical (unpaired) electrons. The Balaban J connectivity index is 0.000000300. The Morgan fingerprint density at radius 2 is 1.50 bits per heavy atom. The van der Waals surface area contributed by atoms with Crippen LogP contribution in [0.3, 0.4) is 0 Å². The third-order valence-electron chi connectivity index (χ3n) is 3.67. The summed E-state index contributed by atoms with van der Waals surface area (Å²) >= 11 is 0. The summed E-state index contributed by atoms with van der Waals surface area (Å²) in [5, 5.41) is 0.677. The first-order valence-corrected chi connectivity index (χ1v) is 7.59. The standard InChI is InChI=1S/C16H13O2.C5H5.Fe/c1-10-7-11(2)16-13(17)9-14(18-15(16)8-10)12-5-3-4-6-12;1-2-4-5-3-1;/h3-9H,1-2H3;1-5H;/q-1;-5;. The van der Waals surface area contributed by atoms with Crippen LogP contribution in [-0.4, -0.2) is 0 Å². The van der Waals surface area contributed by atoms with Crippen LogP contribution in [0.25, 0.3) is 22.3 Å². The normalized spacial score (nSPS) is 9.92. The van der Waals surface area contributed by atoms with Gasteiger partial charge in [0.2, 0.25) is 0 Å². The molecule has 0 unspecified atom stereocenters. The maximum Gasteiger partial charge on any atom is 0.153 e. The molecule has 0 aliphatic rings. The third-order valence-corrected chi connectivity index (χ3v) is 3.67. The number of hydrogen-bond donors (Lipinski definition) is 0. The van der Waals surface area contributed by atoms with Gasteiger partial charge in [0.1, 0.15) is 5.58 Å². The van der Waals surface area contributed by atoms with Gasteiger partial charge in [-0.1, -0.05) is 11.6 Å². The van der Waals surface area contributed by atoms with Gasteiger partial charge in [0, 0.05) is 17.1 Å². The molecule has 1 heterocycles. The van der Waals surface area contributed by atoms with Crippen LogP contribution >= 0.6 is 0 Å². The summed E-state index contributed by atoms with van der Waals surface area (Å²) in [6, 6.07) is 23.2. The molecule has 128 valence electrons. The van der Waals surface area contributed by atoms with Crippen LogP contribution in [0.1, 0.15) is 11.1 Å². The van der Waals surface area contributed by atoms with Crippen LogP contribution in [0.15, 0.2) is 82.0 Å². The van der Waals surface area contributed by atoms with Crippen molar-refractivity contribution in [2.45, 2.75) is 13.8 Å². The van der Waals surface area contributed by atoms with Crippen molar-refractivity contribution in [2.24, 2.45) is 0 Å². The van der Waals surface area contributed by atoms with E-state index in [4.69, 9.17) is 4.42 Å². The van der Waals surface area contributed by atoms with Crippen molar-refractivity contribution < 1.29 is 21.5 Å². The fourth-order valence-electron chi connectivity index (χ4n) is 2.67. The second-order valence-electron chi connectivity index (χ2n) is 5.57. The summed E-state index contributed by atoms with van der Waals surface area (Å²) in [7, 11) is 0. The molecule has 0 aliphatic carbocycles. The number of hydrogen-bond acceptors (Lipinski definition) is 2. The van der Waals surface area contributed by atoms with Gasteiger partial charge in [-0.05, 0) is 37.1 Å². The van der Waals surface area contributed by atoms with Gasteiger partial charge in [0.15, 0.2) is 5.43 Å². The molecular weight excluding hydrogens is 340 g/mol. The van der Waals surface area contributed by atoms with Crippen molar-refractivity contribution in [3.05, 3.63) is 94.1 Å². The molecule has 4 rings (SSSR count). The molecule has 0 atom stereocenters. The average molecular weight is 358 g/mol. The topological polar surface area (TPSA) is 30.2 Å². The predicted molar refractivity (Wildman–Crippen MR) is 95.0 cm³/mol. The number of aryl methyl sites for hydroxylation is 2. The smallest absolute Gasteiger partial charge is 0.153 e. The summed E-state index contributed by atoms with van der Waals surface area (Å²) in [5.74, 6) is 0.627. The Bertz CT molecular complexity index is 928. The quantitative estimate of drug-likeness (QED) is 0.346. The molecule has 0 saturated carbocycles. The molecular formula is C21H18FeO2-6. The van der Waals surface area contributed by atoms with Gasteiger partial charge in [-0.3, -0.25) is 0 Å². The van der Waals surface area contributed by atoms with Crippen molar-refractivity contribution in [3.63, 3.8) is 0 Å². The van der Waals surface area contributed by atoms with E-state index in [1.807, 2.05) is 80.6 Å². The van der Waals surface area contributed by atoms with Gasteiger partial charge in [0.05, 0.1) is 11.1 Å². The Morgan fingerprint density at radius 1 is 0.917 bits per heavy atom. The molecule has 24 heavy (non-hydrogen) atoms. The molecule has 3 aromatic carbocycles. The van der Waals surface area contributed by atoms with Crippen molar-refractivity contribution in [1.29, 1.82) is 0 Å². The zero-order chi connectivity index (χ0) is 16.2. The Kier molecular flexibility index (Phi) is 5.97. The molecule has 1 aromatic heterocycles. The van der Waals surface area contributed by atoms with Crippen LogP contribution in [0.5, 0.6) is 0 Å². The van der Waals surface area contributed by atoms with E-state index in [-0.39, 0.29) is 22.5 Å². The maximum absolute atomic E-state index is 12.2. The summed E-state index contributed by atoms with van der Waals surface area (Å²) < 4.78 is 5.85. The molecule has 2 nitrogen and oxygen atoms in total. The first-order chi connectivity index (χ1) is 11.1. The molecule has 3 heteroatoms. The van der Waals surface area contributed by atoms with Crippen LogP contribution in [-0.2, 0) is 17.1 Å². The minimum atomic E-state index is 0. The Morgan fingerprint density at radius 3 is 2.08 bits per heavy atom. The predicted octanol–water partition coefficient (Wildman–Crippen LogP) is 5.20. The Hall–Kier alpha value is -2.35. The summed E-state index contributed by atoms with van der Waals surface area (Å²) in [6.45, 7) is 3.94. The van der Waals surface area contributed by atoms with Gasteiger partial charge in [-0.25, -0.2) is 0 Å². The minimum Gasteiger partial charge on any atom is -0.748 e. The van der Waals surface area contributed by atoms with Gasteiger partial charge in [-0.2, -0.15) is 12.1 Å². The van der Waals surface area contributed by atoms with Crippen molar-refractivity contribution in [2.75, 3.05) is 0 Å². The van der Waals surface area contributed by atoms with Crippen LogP contribution in [0.2, 0.25) is 0 Å². The maximum atomic E-state index is 12.2. The van der Waals surface area contributed by atoms with Gasteiger partial charge >= 0.3 is 0 Å². The zero-order valence-corrected chi connectivity index (χ0v) is 14.7. The average Bonchev–Trinajstić information content (AvgIpc) is 3.22. The van der Waals surface area contributed by atoms with E-state index in [1.54, 1.807) is 6.07 Å². The fraction of sp³-hybridized carbons (Fsp3) is 0.0952. The zero-order valence-electron chi connectivity index (χ0n) is 13.6. The molecule has 0 fully saturated rings. The summed E-state index contributed by atoms with van der Waals surface area (Å²) in [5.41, 5.74) is 3.69. The summed E-state index contributed by atoms with van der Waals surface area (Å²) in [4.78, 5) is 12.2. The van der Waals surface area contributed by atoms with E-state index in [1.165, 1.54) is 0 Å². The summed E-state index contributed by atoms with van der Waals surface area (Å²) in [6.07, 6.45) is 0. The van der Waals surface area contributed by atoms with E-state index >= 15 is 0 Å². The van der Waals surface area contributed by atoms with Gasteiger partial charge < -0.3 is 39.5 Å². The molecule has 0 spiro atoms. The first-order valence-electron chi connectivity index (χ1n) is 7.59. The molecule has 0 saturated heterocycles. The molecule has 0 aliphatic heterocycles. The van der Waals surface area contributed by atoms with E-state index in [2.05, 4.69) is 0 Å². The molecule has 0 bridgehead atoms. The minimum absolute atomic E-state index is 0. The molecule has 0 amide bonds. The SMILES string of the molecule is Cc1cc(C)c2c(=O)cc(-[c-]3cccc3)oc2c1.[Fe].[cH-]1[cH-][cH-][cH-][cH-]1. The second kappa shape index (κ2) is 7.96. The van der Waals surface area contributed by atoms with Crippen LogP contribution in [0.4, 0.5) is 0 Å². The molecule has 0 N–H and O–H groups in total. The van der Waals surface area contributed by atoms with E-state index in [0.29, 0.717) is 16.7 Å².